The number of nitrogens with one attached hydrogen (secondary N) is 1. The van der Waals surface area contributed by atoms with Gasteiger partial charge in [0.2, 0.25) is 5.91 Å². The predicted octanol–water partition coefficient (Wildman–Crippen LogP) is 25.0. The maximum absolute atomic E-state index is 13.7. The number of ether oxygens (including phenoxy) is 1. The number of esters is 1. The van der Waals surface area contributed by atoms with Gasteiger partial charge in [-0.05, 0) is 109 Å². The zero-order chi connectivity index (χ0) is 66.3. The second-order valence-electron chi connectivity index (χ2n) is 27.1. The Morgan fingerprint density at radius 1 is 0.396 bits per heavy atom. The van der Waals surface area contributed by atoms with Crippen molar-refractivity contribution >= 4 is 19.7 Å². The van der Waals surface area contributed by atoms with Gasteiger partial charge in [0, 0.05) is 12.8 Å². The molecule has 1 amide bonds. The number of nitrogens with zero attached hydrogens (tertiary/aromatic N) is 1. The molecule has 0 aromatic carbocycles. The number of amides is 1. The molecule has 0 aromatic heterocycles. The Morgan fingerprint density at radius 3 is 1.07 bits per heavy atom. The molecule has 0 bridgehead atoms. The average molecular weight is 1290 g/mol. The molecule has 528 valence electrons. The van der Waals surface area contributed by atoms with E-state index in [1.54, 1.807) is 0 Å². The zero-order valence-corrected chi connectivity index (χ0v) is 61.5. The smallest absolute Gasteiger partial charge is 0.456 e. The van der Waals surface area contributed by atoms with E-state index in [4.69, 9.17) is 13.8 Å². The number of carbonyl (C=O) groups is 2. The topological polar surface area (TPSA) is 111 Å². The summed E-state index contributed by atoms with van der Waals surface area (Å²) in [6.07, 6.45) is 95.7. The Labute approximate surface area is 564 Å². The molecule has 10 heteroatoms. The standard InChI is InChI=1S/C81H147N2O7P/c1-7-10-13-16-19-22-25-28-30-32-34-36-38-40-41-43-45-47-49-51-53-56-59-62-65-68-71-74-81(85)90-79(72-69-66-63-60-57-54-27-24-21-18-15-12-9-3)78(77-89-91(86,87)88-76-75-83(4,5)6)82-80(84)73-70-67-64-61-58-55-52-50-48-46-44-42-39-37-35-33-31-29-26-23-20-17-14-11-8-2/h10,13,19,22,28-31,34,36,40-41,45,47,69,72,78-79H,7-9,11-12,14-18,20-21,23-27,32-33,35,37-39,42-44,46,48-68,70-71,73-77H2,1-6H3,(H-,82,84,86,87)/p+1/b13-10-,22-19-,30-28-,31-29+,36-34-,41-40-,47-45-,72-69+. The molecule has 0 rings (SSSR count). The van der Waals surface area contributed by atoms with Crippen LogP contribution in [0.4, 0.5) is 0 Å². The van der Waals surface area contributed by atoms with E-state index < -0.39 is 20.0 Å². The van der Waals surface area contributed by atoms with Crippen LogP contribution >= 0.6 is 7.82 Å². The van der Waals surface area contributed by atoms with E-state index in [0.717, 1.165) is 109 Å². The van der Waals surface area contributed by atoms with Gasteiger partial charge in [-0.15, -0.1) is 0 Å². The molecular weight excluding hydrogens is 1140 g/mol. The Kier molecular flexibility index (Phi) is 67.4. The largest absolute Gasteiger partial charge is 0.472 e. The summed E-state index contributed by atoms with van der Waals surface area (Å²) in [6, 6.07) is -0.858. The summed E-state index contributed by atoms with van der Waals surface area (Å²) in [6.45, 7) is 6.93. The number of likely N-dealkylation sites (N-methyl/N-ethyl adjacent to an activating group) is 1. The Balaban J connectivity index is 5.03. The first-order valence-electron chi connectivity index (χ1n) is 38.6. The van der Waals surface area contributed by atoms with E-state index in [2.05, 4.69) is 111 Å². The minimum Gasteiger partial charge on any atom is -0.456 e. The highest BCUT2D eigenvalue weighted by Gasteiger charge is 2.30. The quantitative estimate of drug-likeness (QED) is 0.0205. The fourth-order valence-electron chi connectivity index (χ4n) is 11.1. The van der Waals surface area contributed by atoms with Gasteiger partial charge in [-0.2, -0.15) is 0 Å². The zero-order valence-electron chi connectivity index (χ0n) is 60.6. The fraction of sp³-hybridized carbons (Fsp3) is 0.778. The first-order valence-corrected chi connectivity index (χ1v) is 40.1. The molecule has 0 heterocycles. The molecule has 91 heavy (non-hydrogen) atoms. The van der Waals surface area contributed by atoms with Crippen LogP contribution in [0.1, 0.15) is 355 Å². The first-order chi connectivity index (χ1) is 44.4. The molecule has 0 saturated carbocycles. The SMILES string of the molecule is CC/C=C\C/C=C\C/C=C\C/C=C\C/C=C\C/C=C\CCCCCCCCCCC(=O)OC(/C=C/CCCCCCCCCCCCC)C(COP(=O)(O)OCC[N+](C)(C)C)NC(=O)CCCCCCCCCCCCCCCCC/C=C/CCCCCCCC. The molecule has 0 saturated heterocycles. The van der Waals surface area contributed by atoms with Gasteiger partial charge in [-0.1, -0.05) is 330 Å². The van der Waals surface area contributed by atoms with Gasteiger partial charge in [-0.3, -0.25) is 18.6 Å². The van der Waals surface area contributed by atoms with Gasteiger partial charge in [0.15, 0.2) is 0 Å². The van der Waals surface area contributed by atoms with Gasteiger partial charge in [0.05, 0.1) is 33.8 Å². The number of allylic oxidation sites excluding steroid dienone is 15. The van der Waals surface area contributed by atoms with E-state index >= 15 is 0 Å². The van der Waals surface area contributed by atoms with Crippen molar-refractivity contribution in [2.45, 2.75) is 367 Å². The molecule has 0 aliphatic carbocycles. The lowest BCUT2D eigenvalue weighted by Crippen LogP contribution is -2.47. The van der Waals surface area contributed by atoms with Gasteiger partial charge in [-0.25, -0.2) is 4.57 Å². The summed E-state index contributed by atoms with van der Waals surface area (Å²) >= 11 is 0. The third-order valence-electron chi connectivity index (χ3n) is 17.0. The van der Waals surface area contributed by atoms with Crippen molar-refractivity contribution in [2.24, 2.45) is 0 Å². The van der Waals surface area contributed by atoms with E-state index in [1.165, 1.54) is 212 Å². The summed E-state index contributed by atoms with van der Waals surface area (Å²) in [7, 11) is 1.49. The second kappa shape index (κ2) is 69.8. The van der Waals surface area contributed by atoms with Crippen molar-refractivity contribution in [3.63, 3.8) is 0 Å². The molecule has 3 atom stereocenters. The molecule has 0 aliphatic rings. The van der Waals surface area contributed by atoms with E-state index in [9.17, 15) is 19.0 Å². The van der Waals surface area contributed by atoms with Crippen LogP contribution < -0.4 is 5.32 Å². The number of phosphoric ester groups is 1. The molecular formula is C81H148N2O7P+. The monoisotopic (exact) mass is 1290 g/mol. The van der Waals surface area contributed by atoms with Crippen molar-refractivity contribution in [1.82, 2.24) is 5.32 Å². The molecule has 9 nitrogen and oxygen atoms in total. The lowest BCUT2D eigenvalue weighted by Gasteiger charge is -2.27. The van der Waals surface area contributed by atoms with Crippen LogP contribution in [-0.4, -0.2) is 74.3 Å². The van der Waals surface area contributed by atoms with Crippen LogP contribution in [-0.2, 0) is 27.9 Å². The van der Waals surface area contributed by atoms with Crippen molar-refractivity contribution in [3.8, 4) is 0 Å². The molecule has 0 fully saturated rings. The molecule has 2 N–H and O–H groups in total. The van der Waals surface area contributed by atoms with E-state index in [-0.39, 0.29) is 31.5 Å². The third kappa shape index (κ3) is 71.1. The van der Waals surface area contributed by atoms with Crippen molar-refractivity contribution in [3.05, 3.63) is 97.2 Å². The van der Waals surface area contributed by atoms with Crippen LogP contribution in [0.15, 0.2) is 97.2 Å². The Hall–Kier alpha value is -3.07. The Bertz CT molecular complexity index is 1880. The first kappa shape index (κ1) is 87.9. The average Bonchev–Trinajstić information content (AvgIpc) is 3.73. The van der Waals surface area contributed by atoms with Crippen LogP contribution in [0, 0.1) is 0 Å². The number of carbonyl (C=O) groups excluding carboxylic acids is 2. The second-order valence-corrected chi connectivity index (χ2v) is 28.6. The molecule has 0 radical (unpaired) electrons. The number of hydrogen-bond donors (Lipinski definition) is 2. The third-order valence-corrected chi connectivity index (χ3v) is 18.0. The fourth-order valence-corrected chi connectivity index (χ4v) is 11.9. The summed E-state index contributed by atoms with van der Waals surface area (Å²) in [5, 5.41) is 3.08. The number of phosphoric acid groups is 1. The van der Waals surface area contributed by atoms with Gasteiger partial charge in [0.25, 0.3) is 0 Å². The van der Waals surface area contributed by atoms with Gasteiger partial charge in [0.1, 0.15) is 19.3 Å². The molecule has 0 aromatic rings. The van der Waals surface area contributed by atoms with Crippen molar-refractivity contribution in [1.29, 1.82) is 0 Å². The van der Waals surface area contributed by atoms with Crippen LogP contribution in [0.2, 0.25) is 0 Å². The minimum atomic E-state index is -4.46. The van der Waals surface area contributed by atoms with Crippen molar-refractivity contribution in [2.75, 3.05) is 40.9 Å². The molecule has 0 aliphatic heterocycles. The highest BCUT2D eigenvalue weighted by atomic mass is 31.2. The predicted molar refractivity (Wildman–Crippen MR) is 397 cm³/mol. The summed E-state index contributed by atoms with van der Waals surface area (Å²) < 4.78 is 30.9. The lowest BCUT2D eigenvalue weighted by atomic mass is 10.0. The summed E-state index contributed by atoms with van der Waals surface area (Å²) in [4.78, 5) is 38.0. The number of rotatable bonds is 70. The molecule has 3 unspecified atom stereocenters. The maximum atomic E-state index is 13.7. The maximum Gasteiger partial charge on any atom is 0.472 e. The lowest BCUT2D eigenvalue weighted by molar-refractivity contribution is -0.870. The molecule has 0 spiro atoms. The number of unbranched alkanes of at least 4 members (excludes halogenated alkanes) is 40. The highest BCUT2D eigenvalue weighted by molar-refractivity contribution is 7.47. The van der Waals surface area contributed by atoms with Gasteiger partial charge < -0.3 is 19.4 Å². The summed E-state index contributed by atoms with van der Waals surface area (Å²) in [5.74, 6) is -0.505. The number of hydrogen-bond acceptors (Lipinski definition) is 6. The summed E-state index contributed by atoms with van der Waals surface area (Å²) in [5.41, 5.74) is 0. The van der Waals surface area contributed by atoms with Crippen molar-refractivity contribution < 1.29 is 37.3 Å². The highest BCUT2D eigenvalue weighted by Crippen LogP contribution is 2.43. The van der Waals surface area contributed by atoms with Crippen LogP contribution in [0.25, 0.3) is 0 Å². The normalized spacial score (nSPS) is 14.0. The van der Waals surface area contributed by atoms with E-state index in [1.807, 2.05) is 33.3 Å². The Morgan fingerprint density at radius 2 is 0.703 bits per heavy atom. The minimum absolute atomic E-state index is 0.0365. The van der Waals surface area contributed by atoms with Crippen LogP contribution in [0.3, 0.4) is 0 Å². The van der Waals surface area contributed by atoms with E-state index in [0.29, 0.717) is 17.4 Å². The number of quaternary nitrogens is 1. The van der Waals surface area contributed by atoms with Crippen LogP contribution in [0.5, 0.6) is 0 Å². The van der Waals surface area contributed by atoms with Gasteiger partial charge >= 0.3 is 13.8 Å².